The van der Waals surface area contributed by atoms with Gasteiger partial charge in [0.2, 0.25) is 0 Å². The molecule has 5 aliphatic rings. The van der Waals surface area contributed by atoms with Crippen LogP contribution in [-0.4, -0.2) is 12.2 Å². The smallest absolute Gasteiger partial charge is 0.0879 e. The summed E-state index contributed by atoms with van der Waals surface area (Å²) in [4.78, 5) is 0. The molecule has 1 aliphatic heterocycles. The van der Waals surface area contributed by atoms with E-state index >= 15 is 0 Å². The molecule has 5 rings (SSSR count). The summed E-state index contributed by atoms with van der Waals surface area (Å²) in [5, 5.41) is 0. The van der Waals surface area contributed by atoms with Crippen molar-refractivity contribution in [3.63, 3.8) is 0 Å². The van der Waals surface area contributed by atoms with E-state index in [4.69, 9.17) is 4.74 Å². The molecule has 7 atom stereocenters. The van der Waals surface area contributed by atoms with Gasteiger partial charge in [0.05, 0.1) is 12.2 Å². The Bertz CT molecular complexity index is 279. The summed E-state index contributed by atoms with van der Waals surface area (Å²) in [6, 6.07) is 0. The van der Waals surface area contributed by atoms with Crippen LogP contribution in [0.25, 0.3) is 0 Å². The molecule has 0 N–H and O–H groups in total. The highest BCUT2D eigenvalue weighted by molar-refractivity contribution is 5.21. The summed E-state index contributed by atoms with van der Waals surface area (Å²) in [6.07, 6.45) is 7.82. The third kappa shape index (κ3) is 0.587. The SMILES string of the molecule is C1CC1C1CC2CC1C1C3OC3C21. The second-order valence-electron chi connectivity index (χ2n) is 6.12. The van der Waals surface area contributed by atoms with Gasteiger partial charge in [0, 0.05) is 0 Å². The number of ether oxygens (including phenoxy) is 1. The highest BCUT2D eigenvalue weighted by atomic mass is 16.6. The molecule has 0 aromatic heterocycles. The van der Waals surface area contributed by atoms with Crippen molar-refractivity contribution in [1.82, 2.24) is 0 Å². The second kappa shape index (κ2) is 1.71. The normalized spacial score (nSPS) is 71.5. The van der Waals surface area contributed by atoms with Gasteiger partial charge in [-0.2, -0.15) is 0 Å². The van der Waals surface area contributed by atoms with Crippen LogP contribution in [0.2, 0.25) is 0 Å². The highest BCUT2D eigenvalue weighted by Crippen LogP contribution is 2.72. The number of rotatable bonds is 1. The lowest BCUT2D eigenvalue weighted by Crippen LogP contribution is -2.44. The second-order valence-corrected chi connectivity index (χ2v) is 6.12. The van der Waals surface area contributed by atoms with Gasteiger partial charge in [-0.1, -0.05) is 0 Å². The van der Waals surface area contributed by atoms with E-state index in [0.29, 0.717) is 0 Å². The van der Waals surface area contributed by atoms with Gasteiger partial charge in [-0.05, 0) is 61.2 Å². The molecule has 70 valence electrons. The number of epoxide rings is 1. The lowest BCUT2D eigenvalue weighted by atomic mass is 9.62. The quantitative estimate of drug-likeness (QED) is 0.557. The Morgan fingerprint density at radius 3 is 2.38 bits per heavy atom. The predicted molar refractivity (Wildman–Crippen MR) is 48.1 cm³/mol. The van der Waals surface area contributed by atoms with Crippen LogP contribution < -0.4 is 0 Å². The minimum absolute atomic E-state index is 0.764. The molecule has 2 bridgehead atoms. The van der Waals surface area contributed by atoms with Gasteiger partial charge in [0.25, 0.3) is 0 Å². The molecule has 7 unspecified atom stereocenters. The third-order valence-corrected chi connectivity index (χ3v) is 5.73. The van der Waals surface area contributed by atoms with E-state index in [2.05, 4.69) is 0 Å². The summed E-state index contributed by atoms with van der Waals surface area (Å²) < 4.78 is 5.72. The van der Waals surface area contributed by atoms with E-state index in [-0.39, 0.29) is 0 Å². The lowest BCUT2D eigenvalue weighted by Gasteiger charge is -2.39. The predicted octanol–water partition coefficient (Wildman–Crippen LogP) is 2.07. The molecule has 0 aromatic carbocycles. The minimum atomic E-state index is 0.764. The Morgan fingerprint density at radius 2 is 1.54 bits per heavy atom. The lowest BCUT2D eigenvalue weighted by molar-refractivity contribution is 0.0967. The summed E-state index contributed by atoms with van der Waals surface area (Å²) in [7, 11) is 0. The molecule has 5 fully saturated rings. The van der Waals surface area contributed by atoms with Crippen LogP contribution in [0.1, 0.15) is 25.7 Å². The number of fused-ring (bicyclic) bond motifs is 8. The Morgan fingerprint density at radius 1 is 0.769 bits per heavy atom. The third-order valence-electron chi connectivity index (χ3n) is 5.73. The maximum absolute atomic E-state index is 5.72. The van der Waals surface area contributed by atoms with Gasteiger partial charge in [0.15, 0.2) is 0 Å². The first kappa shape index (κ1) is 6.44. The first-order valence-corrected chi connectivity index (χ1v) is 6.09. The van der Waals surface area contributed by atoms with Gasteiger partial charge < -0.3 is 4.74 Å². The summed E-state index contributed by atoms with van der Waals surface area (Å²) in [5.41, 5.74) is 0. The first-order valence-electron chi connectivity index (χ1n) is 6.09. The fourth-order valence-electron chi connectivity index (χ4n) is 5.13. The summed E-state index contributed by atoms with van der Waals surface area (Å²) in [6.45, 7) is 0. The van der Waals surface area contributed by atoms with E-state index < -0.39 is 0 Å². The van der Waals surface area contributed by atoms with E-state index in [1.54, 1.807) is 25.7 Å². The van der Waals surface area contributed by atoms with Gasteiger partial charge in [-0.25, -0.2) is 0 Å². The monoisotopic (exact) mass is 176 g/mol. The van der Waals surface area contributed by atoms with Crippen LogP contribution in [0, 0.1) is 35.5 Å². The summed E-state index contributed by atoms with van der Waals surface area (Å²) in [5.74, 6) is 6.63. The zero-order valence-electron chi connectivity index (χ0n) is 7.86. The van der Waals surface area contributed by atoms with E-state index in [0.717, 1.165) is 47.7 Å². The van der Waals surface area contributed by atoms with Crippen molar-refractivity contribution in [3.8, 4) is 0 Å². The van der Waals surface area contributed by atoms with Crippen molar-refractivity contribution >= 4 is 0 Å². The van der Waals surface area contributed by atoms with Crippen molar-refractivity contribution in [2.24, 2.45) is 35.5 Å². The van der Waals surface area contributed by atoms with E-state index in [9.17, 15) is 0 Å². The minimum Gasteiger partial charge on any atom is -0.369 e. The van der Waals surface area contributed by atoms with Crippen molar-refractivity contribution < 1.29 is 4.74 Å². The molecule has 0 spiro atoms. The van der Waals surface area contributed by atoms with Gasteiger partial charge in [-0.3, -0.25) is 0 Å². The zero-order chi connectivity index (χ0) is 8.15. The molecule has 1 saturated heterocycles. The first-order chi connectivity index (χ1) is 6.43. The van der Waals surface area contributed by atoms with E-state index in [1.807, 2.05) is 0 Å². The Hall–Kier alpha value is -0.0400. The van der Waals surface area contributed by atoms with Gasteiger partial charge >= 0.3 is 0 Å². The van der Waals surface area contributed by atoms with E-state index in [1.165, 1.54) is 0 Å². The fraction of sp³-hybridized carbons (Fsp3) is 1.00. The average molecular weight is 176 g/mol. The molecule has 0 amide bonds. The van der Waals surface area contributed by atoms with Crippen LogP contribution in [-0.2, 0) is 4.74 Å². The average Bonchev–Trinajstić information content (AvgIpc) is 2.98. The Kier molecular flexibility index (Phi) is 0.849. The Balaban J connectivity index is 1.52. The molecule has 4 saturated carbocycles. The molecule has 1 nitrogen and oxygen atoms in total. The molecular formula is C12H16O. The van der Waals surface area contributed by atoms with Crippen molar-refractivity contribution in [2.75, 3.05) is 0 Å². The van der Waals surface area contributed by atoms with Crippen LogP contribution >= 0.6 is 0 Å². The molecule has 4 aliphatic carbocycles. The zero-order valence-corrected chi connectivity index (χ0v) is 7.86. The molecule has 1 heterocycles. The summed E-state index contributed by atoms with van der Waals surface area (Å²) >= 11 is 0. The molecule has 13 heavy (non-hydrogen) atoms. The van der Waals surface area contributed by atoms with Crippen LogP contribution in [0.5, 0.6) is 0 Å². The van der Waals surface area contributed by atoms with Gasteiger partial charge in [-0.15, -0.1) is 0 Å². The molecular weight excluding hydrogens is 160 g/mol. The van der Waals surface area contributed by atoms with Crippen LogP contribution in [0.15, 0.2) is 0 Å². The van der Waals surface area contributed by atoms with Gasteiger partial charge in [0.1, 0.15) is 0 Å². The fourth-order valence-corrected chi connectivity index (χ4v) is 5.13. The van der Waals surface area contributed by atoms with Crippen molar-refractivity contribution in [1.29, 1.82) is 0 Å². The van der Waals surface area contributed by atoms with Crippen LogP contribution in [0.3, 0.4) is 0 Å². The highest BCUT2D eigenvalue weighted by Gasteiger charge is 2.74. The number of hydrogen-bond acceptors (Lipinski definition) is 1. The molecule has 0 radical (unpaired) electrons. The largest absolute Gasteiger partial charge is 0.369 e. The van der Waals surface area contributed by atoms with Crippen molar-refractivity contribution in [2.45, 2.75) is 37.9 Å². The molecule has 0 aromatic rings. The maximum Gasteiger partial charge on any atom is 0.0879 e. The van der Waals surface area contributed by atoms with Crippen LogP contribution in [0.4, 0.5) is 0 Å². The number of hydrogen-bond donors (Lipinski definition) is 0. The Labute approximate surface area is 78.8 Å². The van der Waals surface area contributed by atoms with Crippen molar-refractivity contribution in [3.05, 3.63) is 0 Å². The molecule has 1 heteroatoms. The topological polar surface area (TPSA) is 12.5 Å². The maximum atomic E-state index is 5.72. The standard InChI is InChI=1S/C12H16O/c1-2-5(1)7-3-6-4-8(7)10-9(6)11-12(10)13-11/h5-12H,1-4H2.